The molecule has 3 saturated heterocycles. The number of benzene rings is 1. The minimum Gasteiger partial charge on any atom is -0.469 e. The topological polar surface area (TPSA) is 83.5 Å². The summed E-state index contributed by atoms with van der Waals surface area (Å²) < 4.78 is 28.8. The SMILES string of the molecule is COC(=O)C[C@H]1CCC2OC3C[C@@H](CCOCc4ccccc4)O[C@H]3[C@@H](O)C2O1. The Bertz CT molecular complexity index is 666. The molecular formula is C22H30O7. The molecule has 7 nitrogen and oxygen atoms in total. The largest absolute Gasteiger partial charge is 0.469 e. The molecule has 7 atom stereocenters. The van der Waals surface area contributed by atoms with Crippen molar-refractivity contribution >= 4 is 5.97 Å². The molecule has 3 unspecified atom stereocenters. The lowest BCUT2D eigenvalue weighted by molar-refractivity contribution is -0.255. The Morgan fingerprint density at radius 3 is 2.62 bits per heavy atom. The summed E-state index contributed by atoms with van der Waals surface area (Å²) in [7, 11) is 1.37. The molecule has 1 aromatic carbocycles. The molecule has 0 aromatic heterocycles. The maximum absolute atomic E-state index is 11.5. The first kappa shape index (κ1) is 20.8. The van der Waals surface area contributed by atoms with Crippen molar-refractivity contribution in [2.24, 2.45) is 0 Å². The third-order valence-electron chi connectivity index (χ3n) is 6.04. The Morgan fingerprint density at radius 2 is 1.83 bits per heavy atom. The fraction of sp³-hybridized carbons (Fsp3) is 0.682. The number of aliphatic hydroxyl groups is 1. The molecule has 7 heteroatoms. The quantitative estimate of drug-likeness (QED) is 0.548. The highest BCUT2D eigenvalue weighted by atomic mass is 16.6. The van der Waals surface area contributed by atoms with Gasteiger partial charge in [0.25, 0.3) is 0 Å². The number of methoxy groups -OCH3 is 1. The van der Waals surface area contributed by atoms with E-state index in [0.717, 1.165) is 31.2 Å². The Kier molecular flexibility index (Phi) is 6.82. The van der Waals surface area contributed by atoms with Crippen molar-refractivity contribution in [3.63, 3.8) is 0 Å². The average molecular weight is 406 g/mol. The second-order valence-electron chi connectivity index (χ2n) is 8.07. The molecule has 3 aliphatic heterocycles. The van der Waals surface area contributed by atoms with Gasteiger partial charge >= 0.3 is 5.97 Å². The molecule has 160 valence electrons. The van der Waals surface area contributed by atoms with E-state index in [1.165, 1.54) is 7.11 Å². The van der Waals surface area contributed by atoms with Crippen molar-refractivity contribution < 1.29 is 33.6 Å². The molecule has 1 aromatic rings. The molecule has 29 heavy (non-hydrogen) atoms. The van der Waals surface area contributed by atoms with E-state index in [0.29, 0.717) is 13.2 Å². The predicted octanol–water partition coefficient (Wildman–Crippen LogP) is 1.99. The van der Waals surface area contributed by atoms with E-state index >= 15 is 0 Å². The number of carbonyl (C=O) groups is 1. The van der Waals surface area contributed by atoms with Crippen LogP contribution < -0.4 is 0 Å². The van der Waals surface area contributed by atoms with Crippen LogP contribution in [0, 0.1) is 0 Å². The molecular weight excluding hydrogens is 376 g/mol. The first-order valence-corrected chi connectivity index (χ1v) is 10.5. The third kappa shape index (κ3) is 4.98. The molecule has 3 fully saturated rings. The van der Waals surface area contributed by atoms with E-state index in [1.807, 2.05) is 30.3 Å². The summed E-state index contributed by atoms with van der Waals surface area (Å²) in [5, 5.41) is 10.8. The van der Waals surface area contributed by atoms with Crippen molar-refractivity contribution in [1.29, 1.82) is 0 Å². The summed E-state index contributed by atoms with van der Waals surface area (Å²) in [6.07, 6.45) is 1.06. The van der Waals surface area contributed by atoms with Crippen molar-refractivity contribution in [2.45, 2.75) is 81.4 Å². The first-order chi connectivity index (χ1) is 14.1. The van der Waals surface area contributed by atoms with Gasteiger partial charge in [0.15, 0.2) is 0 Å². The van der Waals surface area contributed by atoms with E-state index in [9.17, 15) is 9.90 Å². The smallest absolute Gasteiger partial charge is 0.308 e. The number of esters is 1. The highest BCUT2D eigenvalue weighted by Crippen LogP contribution is 2.39. The maximum Gasteiger partial charge on any atom is 0.308 e. The van der Waals surface area contributed by atoms with Crippen molar-refractivity contribution in [2.75, 3.05) is 13.7 Å². The molecule has 3 heterocycles. The molecule has 0 radical (unpaired) electrons. The summed E-state index contributed by atoms with van der Waals surface area (Å²) in [6, 6.07) is 10.1. The number of hydrogen-bond donors (Lipinski definition) is 1. The summed E-state index contributed by atoms with van der Waals surface area (Å²) >= 11 is 0. The highest BCUT2D eigenvalue weighted by Gasteiger charge is 2.52. The van der Waals surface area contributed by atoms with E-state index in [-0.39, 0.29) is 36.8 Å². The Balaban J connectivity index is 1.24. The average Bonchev–Trinajstić information content (AvgIpc) is 3.15. The van der Waals surface area contributed by atoms with Gasteiger partial charge in [-0.1, -0.05) is 30.3 Å². The maximum atomic E-state index is 11.5. The second kappa shape index (κ2) is 9.53. The second-order valence-corrected chi connectivity index (χ2v) is 8.07. The minimum absolute atomic E-state index is 0.00134. The number of ether oxygens (including phenoxy) is 5. The van der Waals surface area contributed by atoms with Crippen molar-refractivity contribution in [3.8, 4) is 0 Å². The van der Waals surface area contributed by atoms with Gasteiger partial charge in [-0.2, -0.15) is 0 Å². The molecule has 0 bridgehead atoms. The van der Waals surface area contributed by atoms with Gasteiger partial charge in [-0.15, -0.1) is 0 Å². The standard InChI is InChI=1S/C22H30O7/c1-25-19(23)12-15-7-8-17-21(27-15)20(24)22-18(29-17)11-16(28-22)9-10-26-13-14-5-3-2-4-6-14/h2-6,15-18,20-22,24H,7-13H2,1H3/t15-,16-,17?,18?,20+,21?,22-/m1/s1. The Morgan fingerprint density at radius 1 is 1.07 bits per heavy atom. The number of aliphatic hydroxyl groups excluding tert-OH is 1. The molecule has 0 aliphatic carbocycles. The normalized spacial score (nSPS) is 36.3. The van der Waals surface area contributed by atoms with Crippen LogP contribution in [0.25, 0.3) is 0 Å². The van der Waals surface area contributed by atoms with Crippen molar-refractivity contribution in [1.82, 2.24) is 0 Å². The van der Waals surface area contributed by atoms with Crippen LogP contribution in [0.5, 0.6) is 0 Å². The zero-order chi connectivity index (χ0) is 20.2. The van der Waals surface area contributed by atoms with Crippen LogP contribution >= 0.6 is 0 Å². The van der Waals surface area contributed by atoms with Gasteiger partial charge < -0.3 is 28.8 Å². The zero-order valence-electron chi connectivity index (χ0n) is 16.8. The lowest BCUT2D eigenvalue weighted by Gasteiger charge is -2.45. The predicted molar refractivity (Wildman–Crippen MR) is 103 cm³/mol. The summed E-state index contributed by atoms with van der Waals surface area (Å²) in [4.78, 5) is 11.5. The van der Waals surface area contributed by atoms with Crippen molar-refractivity contribution in [3.05, 3.63) is 35.9 Å². The number of hydrogen-bond acceptors (Lipinski definition) is 7. The molecule has 3 aliphatic rings. The number of rotatable bonds is 7. The monoisotopic (exact) mass is 406 g/mol. The van der Waals surface area contributed by atoms with Crippen LogP contribution in [0.3, 0.4) is 0 Å². The van der Waals surface area contributed by atoms with Crippen LogP contribution in [0.4, 0.5) is 0 Å². The van der Waals surface area contributed by atoms with Crippen LogP contribution in [-0.4, -0.2) is 67.5 Å². The third-order valence-corrected chi connectivity index (χ3v) is 6.04. The number of fused-ring (bicyclic) bond motifs is 2. The first-order valence-electron chi connectivity index (χ1n) is 10.5. The summed E-state index contributed by atoms with van der Waals surface area (Å²) in [5.74, 6) is -0.301. The van der Waals surface area contributed by atoms with Gasteiger partial charge in [0, 0.05) is 13.0 Å². The molecule has 0 saturated carbocycles. The van der Waals surface area contributed by atoms with Gasteiger partial charge in [0.05, 0.1) is 44.6 Å². The fourth-order valence-electron chi connectivity index (χ4n) is 4.53. The fourth-order valence-corrected chi connectivity index (χ4v) is 4.53. The van der Waals surface area contributed by atoms with E-state index in [1.54, 1.807) is 0 Å². The van der Waals surface area contributed by atoms with E-state index in [2.05, 4.69) is 0 Å². The van der Waals surface area contributed by atoms with Gasteiger partial charge in [0.1, 0.15) is 18.3 Å². The van der Waals surface area contributed by atoms with E-state index in [4.69, 9.17) is 23.7 Å². The van der Waals surface area contributed by atoms with Crippen LogP contribution in [-0.2, 0) is 35.1 Å². The molecule has 0 spiro atoms. The van der Waals surface area contributed by atoms with E-state index < -0.39 is 18.3 Å². The van der Waals surface area contributed by atoms with Gasteiger partial charge in [-0.05, 0) is 24.8 Å². The van der Waals surface area contributed by atoms with Gasteiger partial charge in [-0.3, -0.25) is 4.79 Å². The highest BCUT2D eigenvalue weighted by molar-refractivity contribution is 5.69. The van der Waals surface area contributed by atoms with Crippen LogP contribution in [0.1, 0.15) is 37.7 Å². The zero-order valence-corrected chi connectivity index (χ0v) is 16.8. The Labute approximate surface area is 171 Å². The molecule has 4 rings (SSSR count). The minimum atomic E-state index is -0.755. The number of carbonyl (C=O) groups excluding carboxylic acids is 1. The lowest BCUT2D eigenvalue weighted by Crippen LogP contribution is -2.59. The van der Waals surface area contributed by atoms with Gasteiger partial charge in [-0.25, -0.2) is 0 Å². The van der Waals surface area contributed by atoms with Gasteiger partial charge in [0.2, 0.25) is 0 Å². The van der Waals surface area contributed by atoms with Crippen LogP contribution in [0.15, 0.2) is 30.3 Å². The molecule has 1 N–H and O–H groups in total. The summed E-state index contributed by atoms with van der Waals surface area (Å²) in [6.45, 7) is 1.18. The lowest BCUT2D eigenvalue weighted by atomic mass is 9.88. The van der Waals surface area contributed by atoms with Crippen LogP contribution in [0.2, 0.25) is 0 Å². The molecule has 0 amide bonds. The Hall–Kier alpha value is -1.51. The summed E-state index contributed by atoms with van der Waals surface area (Å²) in [5.41, 5.74) is 1.15.